The molecule has 1 heterocycles. The number of nitrogens with two attached hydrogens (primary N) is 1. The summed E-state index contributed by atoms with van der Waals surface area (Å²) in [5.74, 6) is 3.08. The van der Waals surface area contributed by atoms with Crippen LogP contribution in [-0.2, 0) is 14.4 Å². The topological polar surface area (TPSA) is 102 Å². The monoisotopic (exact) mass is 277 g/mol. The number of carbonyl (C=O) groups excluding carboxylic acids is 3. The highest BCUT2D eigenvalue weighted by Crippen LogP contribution is 2.33. The van der Waals surface area contributed by atoms with E-state index in [0.29, 0.717) is 11.3 Å². The van der Waals surface area contributed by atoms with E-state index in [1.54, 1.807) is 11.7 Å². The van der Waals surface area contributed by atoms with Crippen LogP contribution in [0.1, 0.15) is 27.9 Å². The zero-order valence-corrected chi connectivity index (χ0v) is 11.2. The van der Waals surface area contributed by atoms with Crippen LogP contribution in [0.25, 0.3) is 0 Å². The second-order valence-electron chi connectivity index (χ2n) is 4.61. The van der Waals surface area contributed by atoms with E-state index in [-0.39, 0.29) is 13.0 Å². The molecule has 7 nitrogen and oxygen atoms in total. The van der Waals surface area contributed by atoms with Gasteiger partial charge in [0, 0.05) is 6.54 Å². The fourth-order valence-electron chi connectivity index (χ4n) is 2.36. The first-order valence-electron chi connectivity index (χ1n) is 6.08. The molecule has 3 N–H and O–H groups in total. The van der Waals surface area contributed by atoms with Crippen molar-refractivity contribution < 1.29 is 19.2 Å². The Balaban J connectivity index is 2.27. The van der Waals surface area contributed by atoms with Gasteiger partial charge in [0.25, 0.3) is 11.7 Å². The van der Waals surface area contributed by atoms with Gasteiger partial charge in [0.05, 0.1) is 17.7 Å². The molecule has 2 rings (SSSR count). The van der Waals surface area contributed by atoms with Crippen molar-refractivity contribution in [1.29, 1.82) is 0 Å². The maximum atomic E-state index is 12.0. The maximum absolute atomic E-state index is 12.0. The Morgan fingerprint density at radius 2 is 2.05 bits per heavy atom. The maximum Gasteiger partial charge on any atom is 0.328 e. The van der Waals surface area contributed by atoms with Crippen molar-refractivity contribution in [3.8, 4) is 0 Å². The second kappa shape index (κ2) is 5.40. The van der Waals surface area contributed by atoms with Crippen molar-refractivity contribution in [1.82, 2.24) is 5.59 Å². The van der Waals surface area contributed by atoms with Crippen molar-refractivity contribution in [2.75, 3.05) is 11.4 Å². The lowest BCUT2D eigenvalue weighted by Crippen LogP contribution is -2.34. The van der Waals surface area contributed by atoms with E-state index in [9.17, 15) is 14.4 Å². The lowest BCUT2D eigenvalue weighted by molar-refractivity contribution is -0.150. The Kier molecular flexibility index (Phi) is 3.82. The molecule has 0 aromatic heterocycles. The first kappa shape index (κ1) is 14.2. The molecule has 0 bridgehead atoms. The third-order valence-corrected chi connectivity index (χ3v) is 3.11. The minimum Gasteiger partial charge on any atom is -0.356 e. The average Bonchev–Trinajstić information content (AvgIpc) is 2.61. The van der Waals surface area contributed by atoms with Gasteiger partial charge < -0.3 is 9.74 Å². The van der Waals surface area contributed by atoms with Crippen LogP contribution in [0.2, 0.25) is 0 Å². The number of carbonyl (C=O) groups is 3. The van der Waals surface area contributed by atoms with Crippen LogP contribution in [0.3, 0.4) is 0 Å². The van der Waals surface area contributed by atoms with Gasteiger partial charge >= 0.3 is 5.97 Å². The first-order valence-corrected chi connectivity index (χ1v) is 6.08. The van der Waals surface area contributed by atoms with Gasteiger partial charge in [0.15, 0.2) is 0 Å². The SMILES string of the molecule is Cc1cc(C)c2c(c1)C(=O)C(=O)N2CCC(=O)ONN. The summed E-state index contributed by atoms with van der Waals surface area (Å²) in [6.45, 7) is 3.75. The van der Waals surface area contributed by atoms with E-state index in [4.69, 9.17) is 5.84 Å². The quantitative estimate of drug-likeness (QED) is 0.461. The fourth-order valence-corrected chi connectivity index (χ4v) is 2.36. The van der Waals surface area contributed by atoms with E-state index in [2.05, 4.69) is 4.84 Å². The fraction of sp³-hybridized carbons (Fsp3) is 0.308. The Hall–Kier alpha value is -2.25. The smallest absolute Gasteiger partial charge is 0.328 e. The molecule has 0 radical (unpaired) electrons. The standard InChI is InChI=1S/C13H15N3O4/c1-7-5-8(2)11-9(6-7)12(18)13(19)16(11)4-3-10(17)20-15-14/h5-6,15H,3-4,14H2,1-2H3. The molecule has 0 aliphatic carbocycles. The van der Waals surface area contributed by atoms with Crippen LogP contribution in [-0.4, -0.2) is 24.2 Å². The predicted molar refractivity (Wildman–Crippen MR) is 70.6 cm³/mol. The molecule has 0 saturated carbocycles. The lowest BCUT2D eigenvalue weighted by Gasteiger charge is -2.18. The molecular formula is C13H15N3O4. The Morgan fingerprint density at radius 3 is 2.70 bits per heavy atom. The van der Waals surface area contributed by atoms with Crippen molar-refractivity contribution >= 4 is 23.3 Å². The highest BCUT2D eigenvalue weighted by atomic mass is 16.7. The van der Waals surface area contributed by atoms with Gasteiger partial charge in [-0.05, 0) is 31.0 Å². The van der Waals surface area contributed by atoms with Crippen molar-refractivity contribution in [3.63, 3.8) is 0 Å². The number of hydrogen-bond donors (Lipinski definition) is 2. The molecule has 7 heteroatoms. The van der Waals surface area contributed by atoms with Gasteiger partial charge in [-0.1, -0.05) is 11.7 Å². The van der Waals surface area contributed by atoms with E-state index in [1.807, 2.05) is 19.9 Å². The number of hydrogen-bond acceptors (Lipinski definition) is 6. The first-order chi connectivity index (χ1) is 9.45. The van der Waals surface area contributed by atoms with E-state index in [1.165, 1.54) is 4.90 Å². The van der Waals surface area contributed by atoms with E-state index < -0.39 is 17.7 Å². The molecule has 0 atom stereocenters. The Morgan fingerprint density at radius 1 is 1.35 bits per heavy atom. The number of aryl methyl sites for hydroxylation is 2. The number of nitrogens with one attached hydrogen (secondary N) is 1. The number of amides is 1. The normalized spacial score (nSPS) is 13.7. The average molecular weight is 277 g/mol. The lowest BCUT2D eigenvalue weighted by atomic mass is 10.0. The highest BCUT2D eigenvalue weighted by molar-refractivity contribution is 6.52. The van der Waals surface area contributed by atoms with Gasteiger partial charge in [0.1, 0.15) is 0 Å². The summed E-state index contributed by atoms with van der Waals surface area (Å²) < 4.78 is 0. The summed E-state index contributed by atoms with van der Waals surface area (Å²) in [5.41, 5.74) is 4.47. The zero-order chi connectivity index (χ0) is 14.9. The number of anilines is 1. The largest absolute Gasteiger partial charge is 0.356 e. The molecule has 1 aliphatic heterocycles. The minimum absolute atomic E-state index is 0.0595. The summed E-state index contributed by atoms with van der Waals surface area (Å²) in [5, 5.41) is 0. The Bertz CT molecular complexity index is 598. The molecule has 1 aliphatic rings. The summed E-state index contributed by atoms with van der Waals surface area (Å²) >= 11 is 0. The molecule has 1 aromatic carbocycles. The molecule has 0 fully saturated rings. The molecule has 1 aromatic rings. The summed E-state index contributed by atoms with van der Waals surface area (Å²) in [6.07, 6.45) is -0.0595. The van der Waals surface area contributed by atoms with Gasteiger partial charge in [-0.2, -0.15) is 0 Å². The molecule has 0 spiro atoms. The number of fused-ring (bicyclic) bond motifs is 1. The van der Waals surface area contributed by atoms with Crippen molar-refractivity contribution in [3.05, 3.63) is 28.8 Å². The second-order valence-corrected chi connectivity index (χ2v) is 4.61. The van der Waals surface area contributed by atoms with Crippen molar-refractivity contribution in [2.24, 2.45) is 5.84 Å². The summed E-state index contributed by atoms with van der Waals surface area (Å²) in [4.78, 5) is 40.9. The number of benzene rings is 1. The Labute approximate surface area is 115 Å². The van der Waals surface area contributed by atoms with Gasteiger partial charge in [0.2, 0.25) is 0 Å². The number of ketones is 1. The molecule has 0 unspecified atom stereocenters. The molecule has 0 saturated heterocycles. The van der Waals surface area contributed by atoms with Crippen LogP contribution in [0.4, 0.5) is 5.69 Å². The van der Waals surface area contributed by atoms with E-state index in [0.717, 1.165) is 11.1 Å². The number of rotatable bonds is 4. The van der Waals surface area contributed by atoms with Crippen molar-refractivity contribution in [2.45, 2.75) is 20.3 Å². The van der Waals surface area contributed by atoms with Crippen LogP contribution in [0, 0.1) is 13.8 Å². The molecular weight excluding hydrogens is 262 g/mol. The molecule has 20 heavy (non-hydrogen) atoms. The van der Waals surface area contributed by atoms with Crippen LogP contribution < -0.4 is 16.3 Å². The zero-order valence-electron chi connectivity index (χ0n) is 11.2. The summed E-state index contributed by atoms with van der Waals surface area (Å²) in [6, 6.07) is 3.57. The van der Waals surface area contributed by atoms with Gasteiger partial charge in [-0.15, -0.1) is 0 Å². The van der Waals surface area contributed by atoms with Gasteiger partial charge in [-0.3, -0.25) is 14.4 Å². The highest BCUT2D eigenvalue weighted by Gasteiger charge is 2.37. The molecule has 106 valence electrons. The number of Topliss-reactive ketones (excluding diaryl/α,β-unsaturated/α-hetero) is 1. The van der Waals surface area contributed by atoms with E-state index >= 15 is 0 Å². The summed E-state index contributed by atoms with van der Waals surface area (Å²) in [7, 11) is 0. The minimum atomic E-state index is -0.623. The predicted octanol–water partition coefficient (Wildman–Crippen LogP) is 0.144. The third kappa shape index (κ3) is 2.40. The van der Waals surface area contributed by atoms with Gasteiger partial charge in [-0.25, -0.2) is 5.84 Å². The third-order valence-electron chi connectivity index (χ3n) is 3.11. The number of nitrogens with zero attached hydrogens (tertiary/aromatic N) is 1. The van der Waals surface area contributed by atoms with Crippen LogP contribution >= 0.6 is 0 Å². The van der Waals surface area contributed by atoms with Crippen LogP contribution in [0.15, 0.2) is 12.1 Å². The molecule has 1 amide bonds. The van der Waals surface area contributed by atoms with Crippen LogP contribution in [0.5, 0.6) is 0 Å². The number of hydrazine groups is 1.